The van der Waals surface area contributed by atoms with Crippen molar-refractivity contribution in [2.75, 3.05) is 46.4 Å². The summed E-state index contributed by atoms with van der Waals surface area (Å²) >= 11 is 0. The Hall–Kier alpha value is -0.380. The highest BCUT2D eigenvalue weighted by Gasteiger charge is 2.21. The van der Waals surface area contributed by atoms with Crippen LogP contribution in [-0.4, -0.2) is 51.3 Å². The van der Waals surface area contributed by atoms with Gasteiger partial charge in [0, 0.05) is 33.3 Å². The van der Waals surface area contributed by atoms with Crippen LogP contribution in [0.3, 0.4) is 0 Å². The topological polar surface area (TPSA) is 24.5 Å². The first-order valence-corrected chi connectivity index (χ1v) is 6.39. The van der Waals surface area contributed by atoms with Crippen molar-refractivity contribution < 1.29 is 4.74 Å². The predicted molar refractivity (Wildman–Crippen MR) is 66.6 cm³/mol. The monoisotopic (exact) mass is 224 g/mol. The SMILES string of the molecule is COCC1CCCN(CC(C)=C2CNC2)C1. The van der Waals surface area contributed by atoms with Gasteiger partial charge in [-0.1, -0.05) is 5.57 Å². The summed E-state index contributed by atoms with van der Waals surface area (Å²) in [5.74, 6) is 0.746. The van der Waals surface area contributed by atoms with Gasteiger partial charge in [0.15, 0.2) is 0 Å². The minimum absolute atomic E-state index is 0.746. The number of nitrogens with zero attached hydrogens (tertiary/aromatic N) is 1. The molecule has 92 valence electrons. The lowest BCUT2D eigenvalue weighted by Crippen LogP contribution is -2.40. The maximum absolute atomic E-state index is 5.27. The fourth-order valence-electron chi connectivity index (χ4n) is 2.67. The maximum atomic E-state index is 5.27. The molecule has 0 aromatic carbocycles. The van der Waals surface area contributed by atoms with Gasteiger partial charge in [0.05, 0.1) is 6.61 Å². The summed E-state index contributed by atoms with van der Waals surface area (Å²) in [5.41, 5.74) is 3.20. The molecule has 0 saturated carbocycles. The lowest BCUT2D eigenvalue weighted by Gasteiger charge is -2.34. The maximum Gasteiger partial charge on any atom is 0.0502 e. The molecule has 16 heavy (non-hydrogen) atoms. The fourth-order valence-corrected chi connectivity index (χ4v) is 2.67. The number of rotatable bonds is 4. The molecule has 0 aliphatic carbocycles. The van der Waals surface area contributed by atoms with Gasteiger partial charge in [-0.05, 0) is 37.8 Å². The number of piperidine rings is 1. The van der Waals surface area contributed by atoms with Crippen molar-refractivity contribution in [3.8, 4) is 0 Å². The molecule has 1 unspecified atom stereocenters. The van der Waals surface area contributed by atoms with Crippen molar-refractivity contribution >= 4 is 0 Å². The van der Waals surface area contributed by atoms with E-state index in [0.29, 0.717) is 0 Å². The molecule has 3 nitrogen and oxygen atoms in total. The summed E-state index contributed by atoms with van der Waals surface area (Å²) in [5, 5.41) is 3.31. The van der Waals surface area contributed by atoms with Gasteiger partial charge in [0.2, 0.25) is 0 Å². The molecule has 2 aliphatic heterocycles. The van der Waals surface area contributed by atoms with E-state index in [0.717, 1.165) is 32.2 Å². The molecule has 3 heteroatoms. The summed E-state index contributed by atoms with van der Waals surface area (Å²) in [4.78, 5) is 2.59. The van der Waals surface area contributed by atoms with Crippen molar-refractivity contribution in [2.24, 2.45) is 5.92 Å². The van der Waals surface area contributed by atoms with E-state index in [9.17, 15) is 0 Å². The average molecular weight is 224 g/mol. The van der Waals surface area contributed by atoms with Crippen molar-refractivity contribution in [3.05, 3.63) is 11.1 Å². The number of hydrogen-bond donors (Lipinski definition) is 1. The Morgan fingerprint density at radius 1 is 1.50 bits per heavy atom. The first kappa shape index (κ1) is 12.1. The Kier molecular flexibility index (Phi) is 4.38. The molecular weight excluding hydrogens is 200 g/mol. The van der Waals surface area contributed by atoms with E-state index in [4.69, 9.17) is 4.74 Å². The van der Waals surface area contributed by atoms with Crippen molar-refractivity contribution in [2.45, 2.75) is 19.8 Å². The van der Waals surface area contributed by atoms with Crippen LogP contribution in [0.15, 0.2) is 11.1 Å². The largest absolute Gasteiger partial charge is 0.384 e. The number of hydrogen-bond acceptors (Lipinski definition) is 3. The van der Waals surface area contributed by atoms with Gasteiger partial charge >= 0.3 is 0 Å². The second-order valence-electron chi connectivity index (χ2n) is 5.19. The number of ether oxygens (including phenoxy) is 1. The molecule has 0 bridgehead atoms. The highest BCUT2D eigenvalue weighted by atomic mass is 16.5. The summed E-state index contributed by atoms with van der Waals surface area (Å²) < 4.78 is 5.27. The van der Waals surface area contributed by atoms with Crippen LogP contribution >= 0.6 is 0 Å². The summed E-state index contributed by atoms with van der Waals surface area (Å²) in [6.45, 7) is 9.08. The highest BCUT2D eigenvalue weighted by Crippen LogP contribution is 2.19. The van der Waals surface area contributed by atoms with Gasteiger partial charge in [-0.3, -0.25) is 4.90 Å². The van der Waals surface area contributed by atoms with E-state index in [1.54, 1.807) is 11.1 Å². The Morgan fingerprint density at radius 2 is 2.31 bits per heavy atom. The van der Waals surface area contributed by atoms with Crippen LogP contribution in [0.1, 0.15) is 19.8 Å². The third kappa shape index (κ3) is 3.06. The van der Waals surface area contributed by atoms with Gasteiger partial charge in [0.1, 0.15) is 0 Å². The normalized spacial score (nSPS) is 26.6. The van der Waals surface area contributed by atoms with Crippen LogP contribution in [0, 0.1) is 5.92 Å². The third-order valence-corrected chi connectivity index (χ3v) is 3.75. The predicted octanol–water partition coefficient (Wildman–Crippen LogP) is 1.26. The second-order valence-corrected chi connectivity index (χ2v) is 5.19. The Balaban J connectivity index is 1.80. The molecule has 2 saturated heterocycles. The van der Waals surface area contributed by atoms with Gasteiger partial charge in [-0.25, -0.2) is 0 Å². The van der Waals surface area contributed by atoms with E-state index < -0.39 is 0 Å². The van der Waals surface area contributed by atoms with Crippen LogP contribution in [-0.2, 0) is 4.74 Å². The molecular formula is C13H24N2O. The lowest BCUT2D eigenvalue weighted by molar-refractivity contribution is 0.0947. The molecule has 0 aromatic heterocycles. The Labute approximate surface area is 98.8 Å². The van der Waals surface area contributed by atoms with Gasteiger partial charge < -0.3 is 10.1 Å². The summed E-state index contributed by atoms with van der Waals surface area (Å²) in [7, 11) is 1.81. The van der Waals surface area contributed by atoms with Crippen LogP contribution in [0.4, 0.5) is 0 Å². The Bertz CT molecular complexity index is 255. The van der Waals surface area contributed by atoms with Crippen LogP contribution in [0.2, 0.25) is 0 Å². The minimum atomic E-state index is 0.746. The van der Waals surface area contributed by atoms with E-state index in [1.807, 2.05) is 7.11 Å². The molecule has 0 radical (unpaired) electrons. The molecule has 1 atom stereocenters. The average Bonchev–Trinajstić information content (AvgIpc) is 2.15. The molecule has 0 amide bonds. The zero-order valence-electron chi connectivity index (χ0n) is 10.6. The minimum Gasteiger partial charge on any atom is -0.384 e. The van der Waals surface area contributed by atoms with Crippen LogP contribution < -0.4 is 5.32 Å². The molecule has 2 aliphatic rings. The van der Waals surface area contributed by atoms with Crippen molar-refractivity contribution in [1.29, 1.82) is 0 Å². The van der Waals surface area contributed by atoms with E-state index in [-0.39, 0.29) is 0 Å². The third-order valence-electron chi connectivity index (χ3n) is 3.75. The van der Waals surface area contributed by atoms with Crippen molar-refractivity contribution in [3.63, 3.8) is 0 Å². The highest BCUT2D eigenvalue weighted by molar-refractivity contribution is 5.22. The zero-order chi connectivity index (χ0) is 11.4. The number of likely N-dealkylation sites (tertiary alicyclic amines) is 1. The molecule has 0 aromatic rings. The molecule has 2 rings (SSSR count). The molecule has 2 fully saturated rings. The summed E-state index contributed by atoms with van der Waals surface area (Å²) in [6, 6.07) is 0. The van der Waals surface area contributed by atoms with E-state index in [2.05, 4.69) is 17.1 Å². The van der Waals surface area contributed by atoms with Crippen LogP contribution in [0.5, 0.6) is 0 Å². The number of methoxy groups -OCH3 is 1. The number of nitrogens with one attached hydrogen (secondary N) is 1. The van der Waals surface area contributed by atoms with Crippen LogP contribution in [0.25, 0.3) is 0 Å². The molecule has 2 heterocycles. The smallest absolute Gasteiger partial charge is 0.0502 e. The van der Waals surface area contributed by atoms with Gasteiger partial charge in [0.25, 0.3) is 0 Å². The Morgan fingerprint density at radius 3 is 2.94 bits per heavy atom. The van der Waals surface area contributed by atoms with E-state index >= 15 is 0 Å². The summed E-state index contributed by atoms with van der Waals surface area (Å²) in [6.07, 6.45) is 2.66. The first-order valence-electron chi connectivity index (χ1n) is 6.39. The standard InChI is InChI=1S/C13H24N2O/c1-11(13-6-14-7-13)8-15-5-3-4-12(9-15)10-16-2/h12,14H,3-10H2,1-2H3. The lowest BCUT2D eigenvalue weighted by atomic mass is 9.97. The fraction of sp³-hybridized carbons (Fsp3) is 0.846. The van der Waals surface area contributed by atoms with E-state index in [1.165, 1.54) is 25.9 Å². The van der Waals surface area contributed by atoms with Gasteiger partial charge in [-0.2, -0.15) is 0 Å². The first-order chi connectivity index (χ1) is 7.79. The second kappa shape index (κ2) is 5.80. The van der Waals surface area contributed by atoms with Crippen molar-refractivity contribution in [1.82, 2.24) is 10.2 Å². The molecule has 1 N–H and O–H groups in total. The molecule has 0 spiro atoms. The van der Waals surface area contributed by atoms with Gasteiger partial charge in [-0.15, -0.1) is 0 Å². The quantitative estimate of drug-likeness (QED) is 0.728. The zero-order valence-corrected chi connectivity index (χ0v) is 10.6.